The van der Waals surface area contributed by atoms with Gasteiger partial charge in [0.2, 0.25) is 12.7 Å². The molecule has 1 amide bonds. The molecule has 4 aromatic rings. The van der Waals surface area contributed by atoms with Crippen LogP contribution in [0.5, 0.6) is 11.5 Å². The maximum Gasteiger partial charge on any atom is 0.249 e. The molecule has 5 rings (SSSR count). The highest BCUT2D eigenvalue weighted by Gasteiger charge is 2.26. The minimum Gasteiger partial charge on any atom is -0.454 e. The lowest BCUT2D eigenvalue weighted by atomic mass is 10.0. The molecule has 1 atom stereocenters. The van der Waals surface area contributed by atoms with Gasteiger partial charge in [0.15, 0.2) is 16.6 Å². The molecular formula is C24H24N4O3S. The van der Waals surface area contributed by atoms with Gasteiger partial charge < -0.3 is 19.4 Å². The lowest BCUT2D eigenvalue weighted by Gasteiger charge is -2.21. The Bertz CT molecular complexity index is 1290. The molecule has 3 heterocycles. The molecule has 8 heteroatoms. The van der Waals surface area contributed by atoms with E-state index >= 15 is 0 Å². The fourth-order valence-electron chi connectivity index (χ4n) is 4.01. The van der Waals surface area contributed by atoms with Crippen molar-refractivity contribution in [3.05, 3.63) is 64.9 Å². The number of imidazole rings is 1. The summed E-state index contributed by atoms with van der Waals surface area (Å²) in [6.07, 6.45) is 2.46. The van der Waals surface area contributed by atoms with Gasteiger partial charge in [-0.1, -0.05) is 32.0 Å². The van der Waals surface area contributed by atoms with Crippen LogP contribution in [0.15, 0.2) is 48.8 Å². The van der Waals surface area contributed by atoms with Gasteiger partial charge in [-0.05, 0) is 42.7 Å². The van der Waals surface area contributed by atoms with Crippen LogP contribution in [-0.4, -0.2) is 27.2 Å². The maximum absolute atomic E-state index is 13.3. The molecule has 0 saturated heterocycles. The Balaban J connectivity index is 1.36. The average Bonchev–Trinajstić information content (AvgIpc) is 3.47. The number of anilines is 1. The highest BCUT2D eigenvalue weighted by molar-refractivity contribution is 7.15. The number of fused-ring (bicyclic) bond motifs is 2. The quantitative estimate of drug-likeness (QED) is 0.451. The van der Waals surface area contributed by atoms with Crippen molar-refractivity contribution in [3.63, 3.8) is 0 Å². The van der Waals surface area contributed by atoms with Crippen molar-refractivity contribution in [3.8, 4) is 11.5 Å². The molecule has 2 aromatic heterocycles. The number of para-hydroxylation sites is 2. The molecule has 32 heavy (non-hydrogen) atoms. The molecule has 0 radical (unpaired) electrons. The van der Waals surface area contributed by atoms with Crippen molar-refractivity contribution in [2.75, 3.05) is 12.1 Å². The van der Waals surface area contributed by atoms with E-state index in [1.165, 1.54) is 11.3 Å². The molecule has 0 saturated carbocycles. The Kier molecular flexibility index (Phi) is 5.30. The van der Waals surface area contributed by atoms with Gasteiger partial charge in [0, 0.05) is 11.3 Å². The molecule has 164 valence electrons. The summed E-state index contributed by atoms with van der Waals surface area (Å²) in [7, 11) is 0. The largest absolute Gasteiger partial charge is 0.454 e. The number of aromatic nitrogens is 3. The number of ether oxygens (including phenoxy) is 2. The molecule has 2 aromatic carbocycles. The molecular weight excluding hydrogens is 424 g/mol. The van der Waals surface area contributed by atoms with Crippen molar-refractivity contribution >= 4 is 33.4 Å². The number of amides is 1. The molecule has 1 aliphatic heterocycles. The minimum atomic E-state index is -0.385. The molecule has 0 bridgehead atoms. The smallest absolute Gasteiger partial charge is 0.249 e. The molecule has 0 fully saturated rings. The minimum absolute atomic E-state index is 0.0850. The number of benzene rings is 2. The van der Waals surface area contributed by atoms with Crippen molar-refractivity contribution in [1.29, 1.82) is 0 Å². The van der Waals surface area contributed by atoms with Crippen LogP contribution in [0.2, 0.25) is 0 Å². The number of rotatable bonds is 6. The van der Waals surface area contributed by atoms with Crippen molar-refractivity contribution < 1.29 is 14.3 Å². The first-order valence-corrected chi connectivity index (χ1v) is 11.4. The van der Waals surface area contributed by atoms with Gasteiger partial charge in [-0.25, -0.2) is 9.97 Å². The zero-order valence-corrected chi connectivity index (χ0v) is 19.0. The number of hydrogen-bond donors (Lipinski definition) is 1. The van der Waals surface area contributed by atoms with Gasteiger partial charge >= 0.3 is 0 Å². The first kappa shape index (κ1) is 20.5. The number of carbonyl (C=O) groups excluding carboxylic acids is 1. The zero-order chi connectivity index (χ0) is 22.2. The molecule has 1 aliphatic rings. The van der Waals surface area contributed by atoms with E-state index in [4.69, 9.17) is 9.47 Å². The summed E-state index contributed by atoms with van der Waals surface area (Å²) in [5.41, 5.74) is 3.85. The van der Waals surface area contributed by atoms with Crippen molar-refractivity contribution in [1.82, 2.24) is 14.5 Å². The van der Waals surface area contributed by atoms with Gasteiger partial charge in [-0.3, -0.25) is 4.79 Å². The van der Waals surface area contributed by atoms with E-state index in [-0.39, 0.29) is 24.7 Å². The predicted octanol–water partition coefficient (Wildman–Crippen LogP) is 4.96. The van der Waals surface area contributed by atoms with E-state index in [9.17, 15) is 4.79 Å². The number of aryl methyl sites for hydroxylation is 1. The van der Waals surface area contributed by atoms with E-state index in [1.54, 1.807) is 6.33 Å². The number of nitrogens with zero attached hydrogens (tertiary/aromatic N) is 3. The third kappa shape index (κ3) is 3.82. The fourth-order valence-corrected chi connectivity index (χ4v) is 5.01. The Morgan fingerprint density at radius 2 is 2.00 bits per heavy atom. The Hall–Kier alpha value is -3.39. The molecule has 0 spiro atoms. The Labute approximate surface area is 190 Å². The summed E-state index contributed by atoms with van der Waals surface area (Å²) in [5, 5.41) is 3.65. The third-order valence-electron chi connectivity index (χ3n) is 5.61. The summed E-state index contributed by atoms with van der Waals surface area (Å²) < 4.78 is 12.8. The van der Waals surface area contributed by atoms with Gasteiger partial charge in [0.25, 0.3) is 0 Å². The highest BCUT2D eigenvalue weighted by atomic mass is 32.1. The summed E-state index contributed by atoms with van der Waals surface area (Å²) in [6.45, 7) is 6.31. The van der Waals surface area contributed by atoms with Crippen LogP contribution < -0.4 is 14.8 Å². The number of hydrogen-bond acceptors (Lipinski definition) is 6. The van der Waals surface area contributed by atoms with Crippen LogP contribution in [-0.2, 0) is 11.2 Å². The van der Waals surface area contributed by atoms with Gasteiger partial charge in [0.05, 0.1) is 23.1 Å². The first-order chi connectivity index (χ1) is 15.5. The highest BCUT2D eigenvalue weighted by Crippen LogP contribution is 2.34. The average molecular weight is 449 g/mol. The summed E-state index contributed by atoms with van der Waals surface area (Å²) in [6, 6.07) is 13.4. The van der Waals surface area contributed by atoms with Crippen LogP contribution in [0.1, 0.15) is 36.0 Å². The monoisotopic (exact) mass is 448 g/mol. The van der Waals surface area contributed by atoms with E-state index in [0.29, 0.717) is 5.13 Å². The number of nitrogens with one attached hydrogen (secondary N) is 1. The number of thiazole rings is 1. The van der Waals surface area contributed by atoms with Crippen LogP contribution in [0.3, 0.4) is 0 Å². The van der Waals surface area contributed by atoms with E-state index in [0.717, 1.165) is 45.1 Å². The van der Waals surface area contributed by atoms with Gasteiger partial charge in [0.1, 0.15) is 6.04 Å². The SMILES string of the molecule is Cc1nc(NC(=O)[C@@H](C(C)C)n2cnc3ccccc32)sc1Cc1ccc2c(c1)OCO2. The molecule has 1 N–H and O–H groups in total. The standard InChI is InChI=1S/C24H24N4O3S/c1-14(2)22(28-12-25-17-6-4-5-7-18(17)28)23(29)27-24-26-15(3)21(32-24)11-16-8-9-19-20(10-16)31-13-30-19/h4-10,12,14,22H,11,13H2,1-3H3,(H,26,27,29)/t22-/m1/s1. The summed E-state index contributed by atoms with van der Waals surface area (Å²) in [5.74, 6) is 1.54. The molecule has 0 aliphatic carbocycles. The first-order valence-electron chi connectivity index (χ1n) is 10.6. The Morgan fingerprint density at radius 1 is 1.19 bits per heavy atom. The van der Waals surface area contributed by atoms with Crippen LogP contribution in [0.25, 0.3) is 11.0 Å². The molecule has 7 nitrogen and oxygen atoms in total. The molecule has 0 unspecified atom stereocenters. The van der Waals surface area contributed by atoms with E-state index in [1.807, 2.05) is 67.8 Å². The summed E-state index contributed by atoms with van der Waals surface area (Å²) >= 11 is 1.51. The van der Waals surface area contributed by atoms with Crippen molar-refractivity contribution in [2.24, 2.45) is 5.92 Å². The fraction of sp³-hybridized carbons (Fsp3) is 0.292. The second-order valence-corrected chi connectivity index (χ2v) is 9.29. The van der Waals surface area contributed by atoms with Gasteiger partial charge in [-0.2, -0.15) is 0 Å². The van der Waals surface area contributed by atoms with Crippen LogP contribution in [0, 0.1) is 12.8 Å². The van der Waals surface area contributed by atoms with Crippen LogP contribution in [0.4, 0.5) is 5.13 Å². The van der Waals surface area contributed by atoms with Crippen molar-refractivity contribution in [2.45, 2.75) is 33.2 Å². The van der Waals surface area contributed by atoms with E-state index < -0.39 is 0 Å². The lowest BCUT2D eigenvalue weighted by Crippen LogP contribution is -2.29. The third-order valence-corrected chi connectivity index (χ3v) is 6.68. The lowest BCUT2D eigenvalue weighted by molar-refractivity contribution is -0.120. The maximum atomic E-state index is 13.3. The van der Waals surface area contributed by atoms with E-state index in [2.05, 4.69) is 15.3 Å². The Morgan fingerprint density at radius 3 is 2.84 bits per heavy atom. The normalized spacial score (nSPS) is 13.6. The number of carbonyl (C=O) groups is 1. The second kappa shape index (κ2) is 8.27. The summed E-state index contributed by atoms with van der Waals surface area (Å²) in [4.78, 5) is 23.4. The van der Waals surface area contributed by atoms with Crippen LogP contribution >= 0.6 is 11.3 Å². The van der Waals surface area contributed by atoms with Gasteiger partial charge in [-0.15, -0.1) is 11.3 Å². The zero-order valence-electron chi connectivity index (χ0n) is 18.2. The topological polar surface area (TPSA) is 78.3 Å². The predicted molar refractivity (Wildman–Crippen MR) is 124 cm³/mol. The second-order valence-electron chi connectivity index (χ2n) is 8.21.